The summed E-state index contributed by atoms with van der Waals surface area (Å²) in [6, 6.07) is 11.8. The van der Waals surface area contributed by atoms with Crippen LogP contribution in [0.25, 0.3) is 0 Å². The van der Waals surface area contributed by atoms with Gasteiger partial charge in [0, 0.05) is 19.1 Å². The molecule has 0 unspecified atom stereocenters. The van der Waals surface area contributed by atoms with E-state index in [-0.39, 0.29) is 0 Å². The SMILES string of the molecule is CN1CCC[C@H]1[C@H]1CCCN(Cc2ccccc2)C1. The van der Waals surface area contributed by atoms with E-state index in [2.05, 4.69) is 47.2 Å². The Balaban J connectivity index is 1.59. The van der Waals surface area contributed by atoms with Crippen molar-refractivity contribution in [3.05, 3.63) is 35.9 Å². The first-order chi connectivity index (χ1) is 9.33. The van der Waals surface area contributed by atoms with Gasteiger partial charge in [-0.1, -0.05) is 30.3 Å². The Morgan fingerprint density at radius 1 is 1.05 bits per heavy atom. The minimum Gasteiger partial charge on any atom is -0.303 e. The van der Waals surface area contributed by atoms with Gasteiger partial charge in [-0.15, -0.1) is 0 Å². The van der Waals surface area contributed by atoms with Crippen LogP contribution < -0.4 is 0 Å². The molecule has 0 spiro atoms. The van der Waals surface area contributed by atoms with Crippen molar-refractivity contribution in [2.75, 3.05) is 26.7 Å². The monoisotopic (exact) mass is 258 g/mol. The van der Waals surface area contributed by atoms with Crippen molar-refractivity contribution in [1.82, 2.24) is 9.80 Å². The molecule has 2 aliphatic rings. The molecule has 0 amide bonds. The maximum Gasteiger partial charge on any atom is 0.0233 e. The van der Waals surface area contributed by atoms with Crippen molar-refractivity contribution in [2.45, 2.75) is 38.3 Å². The Kier molecular flexibility index (Phi) is 4.19. The summed E-state index contributed by atoms with van der Waals surface area (Å²) in [6.45, 7) is 5.01. The van der Waals surface area contributed by atoms with Gasteiger partial charge >= 0.3 is 0 Å². The van der Waals surface area contributed by atoms with Gasteiger partial charge in [0.05, 0.1) is 0 Å². The highest BCUT2D eigenvalue weighted by Crippen LogP contribution is 2.29. The van der Waals surface area contributed by atoms with Crippen LogP contribution in [0.3, 0.4) is 0 Å². The molecule has 0 aromatic heterocycles. The lowest BCUT2D eigenvalue weighted by Gasteiger charge is -2.38. The van der Waals surface area contributed by atoms with Crippen LogP contribution in [0.2, 0.25) is 0 Å². The minimum absolute atomic E-state index is 0.846. The summed E-state index contributed by atoms with van der Waals surface area (Å²) >= 11 is 0. The lowest BCUT2D eigenvalue weighted by Crippen LogP contribution is -2.43. The first-order valence-corrected chi connectivity index (χ1v) is 7.79. The summed E-state index contributed by atoms with van der Waals surface area (Å²) < 4.78 is 0. The van der Waals surface area contributed by atoms with E-state index in [0.29, 0.717) is 0 Å². The first-order valence-electron chi connectivity index (χ1n) is 7.79. The number of benzene rings is 1. The molecule has 104 valence electrons. The van der Waals surface area contributed by atoms with Gasteiger partial charge in [-0.2, -0.15) is 0 Å². The number of rotatable bonds is 3. The second kappa shape index (κ2) is 6.06. The van der Waals surface area contributed by atoms with Gasteiger partial charge in [0.1, 0.15) is 0 Å². The third-order valence-electron chi connectivity index (χ3n) is 4.91. The maximum atomic E-state index is 2.66. The van der Waals surface area contributed by atoms with Gasteiger partial charge in [-0.25, -0.2) is 0 Å². The molecule has 0 N–H and O–H groups in total. The molecule has 3 rings (SSSR count). The molecular weight excluding hydrogens is 232 g/mol. The zero-order valence-electron chi connectivity index (χ0n) is 12.1. The molecule has 0 saturated carbocycles. The van der Waals surface area contributed by atoms with Gasteiger partial charge in [0.15, 0.2) is 0 Å². The summed E-state index contributed by atoms with van der Waals surface area (Å²) in [5, 5.41) is 0. The van der Waals surface area contributed by atoms with Crippen molar-refractivity contribution < 1.29 is 0 Å². The van der Waals surface area contributed by atoms with E-state index in [1.165, 1.54) is 50.9 Å². The number of hydrogen-bond donors (Lipinski definition) is 0. The molecule has 0 aliphatic carbocycles. The summed E-state index contributed by atoms with van der Waals surface area (Å²) in [7, 11) is 2.31. The van der Waals surface area contributed by atoms with Gasteiger partial charge in [-0.3, -0.25) is 4.90 Å². The third-order valence-corrected chi connectivity index (χ3v) is 4.91. The zero-order chi connectivity index (χ0) is 13.1. The predicted molar refractivity (Wildman–Crippen MR) is 80.1 cm³/mol. The van der Waals surface area contributed by atoms with Crippen molar-refractivity contribution >= 4 is 0 Å². The van der Waals surface area contributed by atoms with Gasteiger partial charge in [-0.05, 0) is 57.3 Å². The van der Waals surface area contributed by atoms with E-state index in [1.54, 1.807) is 0 Å². The normalized spacial score (nSPS) is 29.7. The average Bonchev–Trinajstić information content (AvgIpc) is 2.86. The second-order valence-corrected chi connectivity index (χ2v) is 6.31. The minimum atomic E-state index is 0.846. The topological polar surface area (TPSA) is 6.48 Å². The van der Waals surface area contributed by atoms with Crippen molar-refractivity contribution in [3.63, 3.8) is 0 Å². The fourth-order valence-electron chi connectivity index (χ4n) is 3.92. The van der Waals surface area contributed by atoms with E-state index < -0.39 is 0 Å². The first kappa shape index (κ1) is 13.1. The molecule has 19 heavy (non-hydrogen) atoms. The molecule has 2 atom stereocenters. The van der Waals surface area contributed by atoms with Gasteiger partial charge < -0.3 is 4.90 Å². The van der Waals surface area contributed by atoms with E-state index >= 15 is 0 Å². The lowest BCUT2D eigenvalue weighted by atomic mass is 9.89. The van der Waals surface area contributed by atoms with Crippen molar-refractivity contribution in [3.8, 4) is 0 Å². The van der Waals surface area contributed by atoms with Crippen LogP contribution in [0.5, 0.6) is 0 Å². The molecule has 2 nitrogen and oxygen atoms in total. The Bertz CT molecular complexity index is 390. The number of nitrogens with zero attached hydrogens (tertiary/aromatic N) is 2. The van der Waals surface area contributed by atoms with Crippen LogP contribution in [0, 0.1) is 5.92 Å². The number of likely N-dealkylation sites (tertiary alicyclic amines) is 2. The third kappa shape index (κ3) is 3.18. The molecule has 0 bridgehead atoms. The zero-order valence-corrected chi connectivity index (χ0v) is 12.1. The summed E-state index contributed by atoms with van der Waals surface area (Å²) in [5.74, 6) is 0.893. The van der Waals surface area contributed by atoms with Crippen LogP contribution in [0.4, 0.5) is 0 Å². The second-order valence-electron chi connectivity index (χ2n) is 6.31. The largest absolute Gasteiger partial charge is 0.303 e. The molecule has 2 heterocycles. The van der Waals surface area contributed by atoms with E-state index in [1.807, 2.05) is 0 Å². The van der Waals surface area contributed by atoms with Crippen LogP contribution in [-0.4, -0.2) is 42.5 Å². The van der Waals surface area contributed by atoms with Crippen molar-refractivity contribution in [1.29, 1.82) is 0 Å². The molecule has 2 saturated heterocycles. The van der Waals surface area contributed by atoms with Crippen LogP contribution in [0.1, 0.15) is 31.2 Å². The molecule has 2 fully saturated rings. The highest BCUT2D eigenvalue weighted by atomic mass is 15.2. The predicted octanol–water partition coefficient (Wildman–Crippen LogP) is 2.99. The Labute approximate surface area is 117 Å². The maximum absolute atomic E-state index is 2.66. The summed E-state index contributed by atoms with van der Waals surface area (Å²) in [4.78, 5) is 5.26. The van der Waals surface area contributed by atoms with Crippen LogP contribution in [-0.2, 0) is 6.54 Å². The number of piperidine rings is 1. The number of hydrogen-bond acceptors (Lipinski definition) is 2. The summed E-state index contributed by atoms with van der Waals surface area (Å²) in [6.07, 6.45) is 5.62. The van der Waals surface area contributed by atoms with Crippen molar-refractivity contribution in [2.24, 2.45) is 5.92 Å². The smallest absolute Gasteiger partial charge is 0.0233 e. The molecule has 2 aliphatic heterocycles. The molecule has 2 heteroatoms. The van der Waals surface area contributed by atoms with Gasteiger partial charge in [0.2, 0.25) is 0 Å². The average molecular weight is 258 g/mol. The standard InChI is InChI=1S/C17H26N2/c1-18-11-6-10-17(18)16-9-5-12-19(14-16)13-15-7-3-2-4-8-15/h2-4,7-8,16-17H,5-6,9-14H2,1H3/t16-,17-/m0/s1. The highest BCUT2D eigenvalue weighted by molar-refractivity contribution is 5.14. The Morgan fingerprint density at radius 2 is 1.84 bits per heavy atom. The fourth-order valence-corrected chi connectivity index (χ4v) is 3.92. The molecular formula is C17H26N2. The Morgan fingerprint density at radius 3 is 2.58 bits per heavy atom. The fraction of sp³-hybridized carbons (Fsp3) is 0.647. The molecule has 1 aromatic rings. The molecule has 1 aromatic carbocycles. The van der Waals surface area contributed by atoms with E-state index in [9.17, 15) is 0 Å². The lowest BCUT2D eigenvalue weighted by molar-refractivity contribution is 0.109. The highest BCUT2D eigenvalue weighted by Gasteiger charge is 2.32. The summed E-state index contributed by atoms with van der Waals surface area (Å²) in [5.41, 5.74) is 1.46. The van der Waals surface area contributed by atoms with E-state index in [0.717, 1.165) is 18.5 Å². The van der Waals surface area contributed by atoms with Gasteiger partial charge in [0.25, 0.3) is 0 Å². The van der Waals surface area contributed by atoms with Crippen LogP contribution >= 0.6 is 0 Å². The molecule has 0 radical (unpaired) electrons. The Hall–Kier alpha value is -0.860. The van der Waals surface area contributed by atoms with Crippen LogP contribution in [0.15, 0.2) is 30.3 Å². The van der Waals surface area contributed by atoms with E-state index in [4.69, 9.17) is 0 Å². The quantitative estimate of drug-likeness (QED) is 0.822.